The molecule has 0 spiro atoms. The van der Waals surface area contributed by atoms with E-state index in [1.807, 2.05) is 12.1 Å². The molecule has 2 aromatic heterocycles. The molecule has 13 aromatic carbocycles. The zero-order valence-corrected chi connectivity index (χ0v) is 47.4. The number of hydrogen-bond acceptors (Lipinski definition) is 7. The van der Waals surface area contributed by atoms with E-state index in [4.69, 9.17) is 18.3 Å². The maximum absolute atomic E-state index is 12.8. The third-order valence-corrected chi connectivity index (χ3v) is 23.9. The molecule has 4 aliphatic heterocycles. The second kappa shape index (κ2) is 16.8. The number of nitro groups is 1. The van der Waals surface area contributed by atoms with Crippen LogP contribution in [0, 0.1) is 24.0 Å². The van der Waals surface area contributed by atoms with E-state index < -0.39 is 13.5 Å². The predicted molar refractivity (Wildman–Crippen MR) is 347 cm³/mol. The van der Waals surface area contributed by atoms with E-state index in [1.54, 1.807) is 12.1 Å². The highest BCUT2D eigenvalue weighted by Crippen LogP contribution is 2.63. The van der Waals surface area contributed by atoms with Gasteiger partial charge in [-0.1, -0.05) is 151 Å². The average molecular weight is 1120 g/mol. The molecule has 0 saturated heterocycles. The van der Waals surface area contributed by atoms with Gasteiger partial charge in [-0.05, 0) is 164 Å². The number of aryl methyl sites for hydroxylation is 2. The molecule has 19 rings (SSSR count). The van der Waals surface area contributed by atoms with Crippen LogP contribution in [-0.2, 0) is 5.41 Å². The molecular weight excluding hydrogens is 1080 g/mol. The van der Waals surface area contributed by atoms with Crippen LogP contribution in [0.25, 0.3) is 87.7 Å². The van der Waals surface area contributed by atoms with E-state index in [2.05, 4.69) is 237 Å². The minimum Gasteiger partial charge on any atom is -0.457 e. The first-order chi connectivity index (χ1) is 42.2. The lowest BCUT2D eigenvalue weighted by atomic mass is 9.61. The van der Waals surface area contributed by atoms with E-state index in [1.165, 1.54) is 0 Å². The number of ether oxygens (including phenoxy) is 2. The molecule has 0 radical (unpaired) electrons. The third-order valence-electron chi connectivity index (χ3n) is 19.0. The summed E-state index contributed by atoms with van der Waals surface area (Å²) in [5.41, 5.74) is 15.7. The predicted octanol–water partition coefficient (Wildman–Crippen LogP) is 17.7. The zero-order valence-electron chi connectivity index (χ0n) is 46.4. The summed E-state index contributed by atoms with van der Waals surface area (Å²) in [5, 5.41) is 25.4. The summed E-state index contributed by atoms with van der Waals surface area (Å²) in [6, 6.07) is 86.2. The molecule has 15 aromatic rings. The number of fused-ring (bicyclic) bond motifs is 11. The highest BCUT2D eigenvalue weighted by atomic mass is 28.3. The summed E-state index contributed by atoms with van der Waals surface area (Å²) in [5.74, 6) is 2.90. The number of rotatable bonds is 6. The molecule has 0 aliphatic carbocycles. The minimum absolute atomic E-state index is 0.0183. The van der Waals surface area contributed by atoms with Crippen LogP contribution < -0.4 is 35.1 Å². The fraction of sp³-hybridized carbons (Fsp3) is 0.0390. The topological polar surface area (TPSA) is 91.1 Å². The van der Waals surface area contributed by atoms with Gasteiger partial charge in [-0.15, -0.1) is 0 Å². The number of anilines is 3. The van der Waals surface area contributed by atoms with Gasteiger partial charge in [-0.3, -0.25) is 10.1 Å². The van der Waals surface area contributed by atoms with Crippen LogP contribution in [0.2, 0.25) is 0 Å². The fourth-order valence-corrected chi connectivity index (χ4v) is 21.0. The number of non-ortho nitro benzene ring substituents is 1. The Balaban J connectivity index is 1.00. The summed E-state index contributed by atoms with van der Waals surface area (Å²) in [6.07, 6.45) is 0. The molecule has 0 N–H and O–H groups in total. The van der Waals surface area contributed by atoms with Crippen molar-refractivity contribution in [2.45, 2.75) is 19.3 Å². The Labute approximate surface area is 493 Å². The van der Waals surface area contributed by atoms with E-state index in [0.29, 0.717) is 11.5 Å². The van der Waals surface area contributed by atoms with Crippen molar-refractivity contribution in [1.82, 2.24) is 0 Å². The first-order valence-corrected chi connectivity index (χ1v) is 31.1. The third kappa shape index (κ3) is 6.10. The van der Waals surface area contributed by atoms with Gasteiger partial charge < -0.3 is 23.2 Å². The number of benzene rings is 13. The first-order valence-electron chi connectivity index (χ1n) is 29.1. The molecule has 1 unspecified atom stereocenters. The summed E-state index contributed by atoms with van der Waals surface area (Å²) in [7, 11) is -3.87. The zero-order chi connectivity index (χ0) is 56.9. The van der Waals surface area contributed by atoms with Crippen LogP contribution in [-0.4, -0.2) is 13.0 Å². The molecule has 4 aliphatic rings. The standard InChI is InChI=1S/C77H46N2O6Si/c1-43-21-29-63-61(33-43)77(51-17-5-3-6-18-51,52-19-7-4-8-20-52)62-42-56(50-23-32-66-58(39-50)60-37-46-14-10-12-16-48(46)41-68(60)83-66)73-76-71(62)78(63)64-30-28-55(49-22-31-65-57(38-49)59-36-45-13-9-11-15-47(45)40-67(59)82-65)72-74(64)86(76,54-26-24-53(25-27-54)79(80)81)75-69(84-72)34-44(2)35-70(75)85-73/h3-42H,1-2H3. The van der Waals surface area contributed by atoms with Gasteiger partial charge in [0.25, 0.3) is 5.69 Å². The van der Waals surface area contributed by atoms with Gasteiger partial charge in [0.05, 0.1) is 27.4 Å². The average Bonchev–Trinajstić information content (AvgIpc) is 0.783. The van der Waals surface area contributed by atoms with Crippen molar-refractivity contribution in [3.8, 4) is 45.3 Å². The fourth-order valence-electron chi connectivity index (χ4n) is 15.5. The Bertz CT molecular complexity index is 5500. The summed E-state index contributed by atoms with van der Waals surface area (Å²) < 4.78 is 28.9. The van der Waals surface area contributed by atoms with Crippen LogP contribution in [0.4, 0.5) is 22.7 Å². The number of furan rings is 2. The van der Waals surface area contributed by atoms with E-state index >= 15 is 0 Å². The lowest BCUT2D eigenvalue weighted by Gasteiger charge is -2.55. The maximum atomic E-state index is 12.8. The Morgan fingerprint density at radius 2 is 0.953 bits per heavy atom. The van der Waals surface area contributed by atoms with E-state index in [9.17, 15) is 10.1 Å². The van der Waals surface area contributed by atoms with Gasteiger partial charge in [0, 0.05) is 60.4 Å². The Morgan fingerprint density at radius 3 is 1.53 bits per heavy atom. The quantitative estimate of drug-likeness (QED) is 0.0930. The van der Waals surface area contributed by atoms with Crippen molar-refractivity contribution in [2.24, 2.45) is 0 Å². The van der Waals surface area contributed by atoms with E-state index in [0.717, 1.165) is 170 Å². The molecule has 8 nitrogen and oxygen atoms in total. The van der Waals surface area contributed by atoms with E-state index in [-0.39, 0.29) is 10.6 Å². The second-order valence-electron chi connectivity index (χ2n) is 23.6. The lowest BCUT2D eigenvalue weighted by Crippen LogP contribution is -2.80. The normalized spacial score (nSPS) is 15.5. The monoisotopic (exact) mass is 1120 g/mol. The molecular formula is C77H46N2O6Si. The van der Waals surface area contributed by atoms with Crippen molar-refractivity contribution in [3.05, 3.63) is 286 Å². The Kier molecular flexibility index (Phi) is 9.30. The highest BCUT2D eigenvalue weighted by Gasteiger charge is 2.63. The minimum atomic E-state index is -3.87. The van der Waals surface area contributed by atoms with Gasteiger partial charge in [0.15, 0.2) is 0 Å². The van der Waals surface area contributed by atoms with Crippen LogP contribution in [0.3, 0.4) is 0 Å². The molecule has 404 valence electrons. The van der Waals surface area contributed by atoms with Gasteiger partial charge in [0.1, 0.15) is 45.3 Å². The Morgan fingerprint density at radius 1 is 0.430 bits per heavy atom. The summed E-state index contributed by atoms with van der Waals surface area (Å²) in [6.45, 7) is 4.28. The van der Waals surface area contributed by atoms with Crippen LogP contribution in [0.5, 0.6) is 23.0 Å². The van der Waals surface area contributed by atoms with Crippen LogP contribution >= 0.6 is 0 Å². The lowest BCUT2D eigenvalue weighted by molar-refractivity contribution is -0.384. The van der Waals surface area contributed by atoms with Gasteiger partial charge in [-0.25, -0.2) is 0 Å². The number of nitro benzene ring substituents is 1. The largest absolute Gasteiger partial charge is 0.457 e. The molecule has 0 fully saturated rings. The molecule has 0 amide bonds. The van der Waals surface area contributed by atoms with Crippen LogP contribution in [0.15, 0.2) is 251 Å². The molecule has 0 saturated carbocycles. The van der Waals surface area contributed by atoms with Gasteiger partial charge in [-0.2, -0.15) is 0 Å². The maximum Gasteiger partial charge on any atom is 0.269 e. The van der Waals surface area contributed by atoms with Crippen LogP contribution in [0.1, 0.15) is 33.4 Å². The smallest absolute Gasteiger partial charge is 0.269 e. The van der Waals surface area contributed by atoms with Crippen molar-refractivity contribution in [3.63, 3.8) is 0 Å². The Hall–Kier alpha value is -11.0. The van der Waals surface area contributed by atoms with Crippen molar-refractivity contribution in [2.75, 3.05) is 4.90 Å². The summed E-state index contributed by atoms with van der Waals surface area (Å²) in [4.78, 5) is 15.0. The molecule has 6 heterocycles. The number of nitrogens with zero attached hydrogens (tertiary/aromatic N) is 2. The van der Waals surface area contributed by atoms with Crippen molar-refractivity contribution >= 4 is 117 Å². The highest BCUT2D eigenvalue weighted by molar-refractivity contribution is 7.23. The van der Waals surface area contributed by atoms with Crippen molar-refractivity contribution in [1.29, 1.82) is 0 Å². The van der Waals surface area contributed by atoms with Gasteiger partial charge >= 0.3 is 0 Å². The first kappa shape index (κ1) is 47.5. The molecule has 0 bridgehead atoms. The summed E-state index contributed by atoms with van der Waals surface area (Å²) >= 11 is 0. The second-order valence-corrected chi connectivity index (χ2v) is 27.2. The molecule has 9 heteroatoms. The SMILES string of the molecule is Cc1cc2c3c(c1)Oc1c(-c4ccc5oc6cc7ccccc7cc6c5c4)cc4c5c1[Si]3(c1ccc([N+](=O)[O-])cc1)c1c(ccc(-c3ccc6oc7cc8ccccc8cc7c6c3)c1O2)N5c1ccc(C)cc1C4(c1ccccc1)c1ccccc1. The molecule has 1 atom stereocenters. The van der Waals surface area contributed by atoms with Gasteiger partial charge in [0.2, 0.25) is 8.07 Å². The number of hydrogen-bond donors (Lipinski definition) is 0. The molecule has 86 heavy (non-hydrogen) atoms. The van der Waals surface area contributed by atoms with Crippen molar-refractivity contribution < 1.29 is 23.2 Å².